The largest absolute Gasteiger partial charge is 0.373 e. The Morgan fingerprint density at radius 3 is 2.37 bits per heavy atom. The maximum Gasteiger partial charge on any atom is 0.0937 e. The van der Waals surface area contributed by atoms with E-state index in [0.29, 0.717) is 0 Å². The van der Waals surface area contributed by atoms with E-state index in [1.165, 1.54) is 37.9 Å². The smallest absolute Gasteiger partial charge is 0.0937 e. The lowest BCUT2D eigenvalue weighted by atomic mass is 9.87. The summed E-state index contributed by atoms with van der Waals surface area (Å²) in [5.74, 6) is 0. The summed E-state index contributed by atoms with van der Waals surface area (Å²) in [6, 6.07) is 10.7. The number of ether oxygens (including phenoxy) is 1. The van der Waals surface area contributed by atoms with Gasteiger partial charge in [-0.2, -0.15) is 0 Å². The van der Waals surface area contributed by atoms with Gasteiger partial charge in [0.15, 0.2) is 0 Å². The van der Waals surface area contributed by atoms with E-state index in [2.05, 4.69) is 42.2 Å². The number of likely N-dealkylation sites (tertiary alicyclic amines) is 1. The van der Waals surface area contributed by atoms with Crippen LogP contribution in [0.15, 0.2) is 30.3 Å². The van der Waals surface area contributed by atoms with Crippen molar-refractivity contribution in [2.24, 2.45) is 0 Å². The molecule has 2 nitrogen and oxygen atoms in total. The van der Waals surface area contributed by atoms with Crippen molar-refractivity contribution >= 4 is 0 Å². The van der Waals surface area contributed by atoms with Gasteiger partial charge in [-0.25, -0.2) is 0 Å². The zero-order chi connectivity index (χ0) is 13.6. The fourth-order valence-corrected chi connectivity index (χ4v) is 3.15. The number of rotatable bonds is 6. The maximum atomic E-state index is 5.94. The Morgan fingerprint density at radius 1 is 1.11 bits per heavy atom. The average molecular weight is 261 g/mol. The zero-order valence-electron chi connectivity index (χ0n) is 12.4. The molecule has 0 N–H and O–H groups in total. The second kappa shape index (κ2) is 7.06. The molecule has 2 heteroatoms. The monoisotopic (exact) mass is 261 g/mol. The molecule has 106 valence electrons. The minimum Gasteiger partial charge on any atom is -0.373 e. The van der Waals surface area contributed by atoms with Crippen LogP contribution in [0.4, 0.5) is 0 Å². The van der Waals surface area contributed by atoms with Gasteiger partial charge in [0, 0.05) is 13.7 Å². The van der Waals surface area contributed by atoms with Gasteiger partial charge in [-0.1, -0.05) is 43.7 Å². The first-order valence-corrected chi connectivity index (χ1v) is 7.64. The average Bonchev–Trinajstić information content (AvgIpc) is 2.51. The summed E-state index contributed by atoms with van der Waals surface area (Å²) in [4.78, 5) is 2.59. The van der Waals surface area contributed by atoms with E-state index < -0.39 is 0 Å². The Morgan fingerprint density at radius 2 is 1.79 bits per heavy atom. The first-order chi connectivity index (χ1) is 9.30. The third-order valence-corrected chi connectivity index (χ3v) is 4.54. The van der Waals surface area contributed by atoms with Gasteiger partial charge in [0.2, 0.25) is 0 Å². The number of methoxy groups -OCH3 is 1. The number of nitrogens with zero attached hydrogens (tertiary/aromatic N) is 1. The predicted octanol–water partition coefficient (Wildman–Crippen LogP) is 3.81. The van der Waals surface area contributed by atoms with E-state index in [1.54, 1.807) is 0 Å². The van der Waals surface area contributed by atoms with Crippen LogP contribution in [0.2, 0.25) is 0 Å². The SMILES string of the molecule is CC[C@](CCN1CCCCC1)(OC)c1ccccc1. The molecule has 1 aromatic carbocycles. The number of hydrogen-bond donors (Lipinski definition) is 0. The topological polar surface area (TPSA) is 12.5 Å². The molecule has 0 aliphatic carbocycles. The fourth-order valence-electron chi connectivity index (χ4n) is 3.15. The van der Waals surface area contributed by atoms with Gasteiger partial charge in [0.1, 0.15) is 0 Å². The molecule has 1 aromatic rings. The van der Waals surface area contributed by atoms with Crippen LogP contribution in [0.3, 0.4) is 0 Å². The summed E-state index contributed by atoms with van der Waals surface area (Å²) < 4.78 is 5.94. The quantitative estimate of drug-likeness (QED) is 0.772. The molecule has 1 atom stereocenters. The summed E-state index contributed by atoms with van der Waals surface area (Å²) in [5.41, 5.74) is 1.20. The van der Waals surface area contributed by atoms with Gasteiger partial charge >= 0.3 is 0 Å². The molecule has 2 rings (SSSR count). The highest BCUT2D eigenvalue weighted by molar-refractivity contribution is 5.22. The highest BCUT2D eigenvalue weighted by Gasteiger charge is 2.30. The highest BCUT2D eigenvalue weighted by Crippen LogP contribution is 2.32. The summed E-state index contributed by atoms with van der Waals surface area (Å²) in [7, 11) is 1.85. The van der Waals surface area contributed by atoms with Gasteiger partial charge in [0.25, 0.3) is 0 Å². The van der Waals surface area contributed by atoms with Crippen molar-refractivity contribution in [1.29, 1.82) is 0 Å². The van der Waals surface area contributed by atoms with Crippen molar-refractivity contribution in [1.82, 2.24) is 4.90 Å². The molecular formula is C17H27NO. The fraction of sp³-hybridized carbons (Fsp3) is 0.647. The van der Waals surface area contributed by atoms with Gasteiger partial charge in [-0.15, -0.1) is 0 Å². The minimum absolute atomic E-state index is 0.112. The van der Waals surface area contributed by atoms with Crippen LogP contribution < -0.4 is 0 Å². The zero-order valence-corrected chi connectivity index (χ0v) is 12.4. The Bertz CT molecular complexity index is 353. The molecule has 0 spiro atoms. The van der Waals surface area contributed by atoms with Crippen LogP contribution in [0.5, 0.6) is 0 Å². The van der Waals surface area contributed by atoms with Crippen molar-refractivity contribution in [3.63, 3.8) is 0 Å². The molecule has 19 heavy (non-hydrogen) atoms. The molecule has 1 aliphatic heterocycles. The van der Waals surface area contributed by atoms with E-state index in [4.69, 9.17) is 4.74 Å². The molecule has 0 bridgehead atoms. The second-order valence-corrected chi connectivity index (χ2v) is 5.57. The molecule has 0 amide bonds. The van der Waals surface area contributed by atoms with Crippen LogP contribution >= 0.6 is 0 Å². The molecule has 1 saturated heterocycles. The van der Waals surface area contributed by atoms with E-state index in [-0.39, 0.29) is 5.60 Å². The van der Waals surface area contributed by atoms with E-state index in [1.807, 2.05) is 7.11 Å². The van der Waals surface area contributed by atoms with Gasteiger partial charge in [0.05, 0.1) is 5.60 Å². The molecule has 0 saturated carbocycles. The maximum absolute atomic E-state index is 5.94. The standard InChI is InChI=1S/C17H27NO/c1-3-17(19-2,16-10-6-4-7-11-16)12-15-18-13-8-5-9-14-18/h4,6-7,10-11H,3,5,8-9,12-15H2,1-2H3/t17-/m1/s1. The molecule has 1 heterocycles. The molecule has 1 aliphatic rings. The molecule has 0 radical (unpaired) electrons. The van der Waals surface area contributed by atoms with Crippen LogP contribution in [-0.2, 0) is 10.3 Å². The molecular weight excluding hydrogens is 234 g/mol. The first kappa shape index (κ1) is 14.5. The Kier molecular flexibility index (Phi) is 5.41. The van der Waals surface area contributed by atoms with Gasteiger partial charge in [-0.3, -0.25) is 0 Å². The highest BCUT2D eigenvalue weighted by atomic mass is 16.5. The summed E-state index contributed by atoms with van der Waals surface area (Å²) in [5, 5.41) is 0. The summed E-state index contributed by atoms with van der Waals surface area (Å²) in [6.07, 6.45) is 6.23. The van der Waals surface area contributed by atoms with Crippen LogP contribution in [0.1, 0.15) is 44.6 Å². The van der Waals surface area contributed by atoms with Crippen LogP contribution in [0, 0.1) is 0 Å². The third-order valence-electron chi connectivity index (χ3n) is 4.54. The Balaban J connectivity index is 2.02. The third kappa shape index (κ3) is 3.58. The molecule has 1 fully saturated rings. The number of hydrogen-bond acceptors (Lipinski definition) is 2. The van der Waals surface area contributed by atoms with E-state index in [9.17, 15) is 0 Å². The van der Waals surface area contributed by atoms with Crippen molar-refractivity contribution in [3.05, 3.63) is 35.9 Å². The molecule has 0 unspecified atom stereocenters. The Labute approximate surface area is 117 Å². The van der Waals surface area contributed by atoms with Gasteiger partial charge < -0.3 is 9.64 Å². The van der Waals surface area contributed by atoms with Crippen molar-refractivity contribution in [2.45, 2.75) is 44.6 Å². The van der Waals surface area contributed by atoms with E-state index in [0.717, 1.165) is 19.4 Å². The van der Waals surface area contributed by atoms with E-state index >= 15 is 0 Å². The lowest BCUT2D eigenvalue weighted by Crippen LogP contribution is -2.37. The van der Waals surface area contributed by atoms with Crippen molar-refractivity contribution in [3.8, 4) is 0 Å². The number of piperidine rings is 1. The summed E-state index contributed by atoms with van der Waals surface area (Å²) in [6.45, 7) is 5.90. The van der Waals surface area contributed by atoms with Gasteiger partial charge in [-0.05, 0) is 44.3 Å². The number of benzene rings is 1. The van der Waals surface area contributed by atoms with Crippen LogP contribution in [-0.4, -0.2) is 31.6 Å². The Hall–Kier alpha value is -0.860. The lowest BCUT2D eigenvalue weighted by molar-refractivity contribution is -0.0331. The predicted molar refractivity (Wildman–Crippen MR) is 80.3 cm³/mol. The first-order valence-electron chi connectivity index (χ1n) is 7.64. The summed E-state index contributed by atoms with van der Waals surface area (Å²) >= 11 is 0. The molecule has 0 aromatic heterocycles. The van der Waals surface area contributed by atoms with Crippen LogP contribution in [0.25, 0.3) is 0 Å². The van der Waals surface area contributed by atoms with Crippen molar-refractivity contribution in [2.75, 3.05) is 26.7 Å². The normalized spacial score (nSPS) is 20.1. The second-order valence-electron chi connectivity index (χ2n) is 5.57. The minimum atomic E-state index is -0.112. The lowest BCUT2D eigenvalue weighted by Gasteiger charge is -2.35. The van der Waals surface area contributed by atoms with Crippen molar-refractivity contribution < 1.29 is 4.74 Å².